The van der Waals surface area contributed by atoms with E-state index < -0.39 is 24.6 Å². The Morgan fingerprint density at radius 2 is 2.05 bits per heavy atom. The number of hydrogen-bond donors (Lipinski definition) is 3. The van der Waals surface area contributed by atoms with E-state index in [1.165, 1.54) is 0 Å². The fraction of sp³-hybridized carbons (Fsp3) is 0.286. The fourth-order valence-corrected chi connectivity index (χ4v) is 2.09. The van der Waals surface area contributed by atoms with E-state index in [4.69, 9.17) is 4.74 Å². The molecule has 0 radical (unpaired) electrons. The van der Waals surface area contributed by atoms with Gasteiger partial charge in [-0.15, -0.1) is 0 Å². The van der Waals surface area contributed by atoms with E-state index in [0.29, 0.717) is 0 Å². The number of carbonyl (C=O) groups is 2. The standard InChI is InChI=1S/C14H16N2O4/c1-2-20-13(18)11-10(8-17)15-14(19)16-12(11)9-6-4-3-5-7-9/h3-7,12,17H,2,8H2,1H3,(H2,15,16,19)/t12-/m1/s1. The molecule has 20 heavy (non-hydrogen) atoms. The predicted molar refractivity (Wildman–Crippen MR) is 71.6 cm³/mol. The molecule has 0 spiro atoms. The number of carbonyl (C=O) groups excluding carboxylic acids is 2. The van der Waals surface area contributed by atoms with Gasteiger partial charge in [0, 0.05) is 0 Å². The Kier molecular flexibility index (Phi) is 4.37. The largest absolute Gasteiger partial charge is 0.463 e. The van der Waals surface area contributed by atoms with Crippen LogP contribution in [0.3, 0.4) is 0 Å². The zero-order valence-corrected chi connectivity index (χ0v) is 11.1. The van der Waals surface area contributed by atoms with E-state index in [9.17, 15) is 14.7 Å². The summed E-state index contributed by atoms with van der Waals surface area (Å²) in [5.74, 6) is -0.557. The molecule has 0 bridgehead atoms. The van der Waals surface area contributed by atoms with Crippen molar-refractivity contribution in [3.8, 4) is 0 Å². The van der Waals surface area contributed by atoms with Gasteiger partial charge in [-0.3, -0.25) is 0 Å². The van der Waals surface area contributed by atoms with Crippen LogP contribution in [-0.4, -0.2) is 30.3 Å². The summed E-state index contributed by atoms with van der Waals surface area (Å²) in [6, 6.07) is 7.96. The minimum atomic E-state index is -0.633. The summed E-state index contributed by atoms with van der Waals surface area (Å²) in [4.78, 5) is 23.7. The van der Waals surface area contributed by atoms with Gasteiger partial charge >= 0.3 is 12.0 Å². The molecule has 1 heterocycles. The summed E-state index contributed by atoms with van der Waals surface area (Å²) in [7, 11) is 0. The maximum Gasteiger partial charge on any atom is 0.338 e. The van der Waals surface area contributed by atoms with Crippen molar-refractivity contribution in [1.82, 2.24) is 10.6 Å². The molecule has 0 unspecified atom stereocenters. The molecule has 2 amide bonds. The minimum absolute atomic E-state index is 0.168. The highest BCUT2D eigenvalue weighted by molar-refractivity contribution is 5.95. The molecule has 106 valence electrons. The maximum absolute atomic E-state index is 12.1. The van der Waals surface area contributed by atoms with Crippen LogP contribution in [0.4, 0.5) is 4.79 Å². The molecule has 1 aliphatic heterocycles. The van der Waals surface area contributed by atoms with Gasteiger partial charge in [-0.2, -0.15) is 0 Å². The molecule has 0 saturated heterocycles. The number of aliphatic hydroxyl groups excluding tert-OH is 1. The van der Waals surface area contributed by atoms with E-state index in [1.807, 2.05) is 18.2 Å². The highest BCUT2D eigenvalue weighted by Gasteiger charge is 2.33. The van der Waals surface area contributed by atoms with E-state index in [1.54, 1.807) is 19.1 Å². The SMILES string of the molecule is CCOC(=O)C1=C(CO)NC(=O)N[C@@H]1c1ccccc1. The minimum Gasteiger partial charge on any atom is -0.463 e. The van der Waals surface area contributed by atoms with Gasteiger partial charge in [0.25, 0.3) is 0 Å². The van der Waals surface area contributed by atoms with E-state index in [0.717, 1.165) is 5.56 Å². The number of benzene rings is 1. The zero-order valence-electron chi connectivity index (χ0n) is 11.1. The third-order valence-electron chi connectivity index (χ3n) is 2.94. The summed E-state index contributed by atoms with van der Waals surface area (Å²) in [5.41, 5.74) is 1.14. The first-order valence-electron chi connectivity index (χ1n) is 6.30. The average molecular weight is 276 g/mol. The number of hydrogen-bond acceptors (Lipinski definition) is 4. The zero-order chi connectivity index (χ0) is 14.5. The lowest BCUT2D eigenvalue weighted by Gasteiger charge is -2.28. The number of urea groups is 1. The van der Waals surface area contributed by atoms with Gasteiger partial charge in [0.1, 0.15) is 0 Å². The van der Waals surface area contributed by atoms with Crippen LogP contribution < -0.4 is 10.6 Å². The van der Waals surface area contributed by atoms with Crippen molar-refractivity contribution in [2.45, 2.75) is 13.0 Å². The summed E-state index contributed by atoms with van der Waals surface area (Å²) >= 11 is 0. The van der Waals surface area contributed by atoms with Crippen LogP contribution in [0, 0.1) is 0 Å². The summed E-state index contributed by atoms with van der Waals surface area (Å²) < 4.78 is 5.00. The second-order valence-electron chi connectivity index (χ2n) is 4.21. The lowest BCUT2D eigenvalue weighted by atomic mass is 9.95. The van der Waals surface area contributed by atoms with E-state index in [2.05, 4.69) is 10.6 Å². The summed E-state index contributed by atoms with van der Waals surface area (Å²) in [6.07, 6.45) is 0. The van der Waals surface area contributed by atoms with Gasteiger partial charge < -0.3 is 20.5 Å². The Balaban J connectivity index is 2.46. The topological polar surface area (TPSA) is 87.7 Å². The number of nitrogens with one attached hydrogen (secondary N) is 2. The Morgan fingerprint density at radius 3 is 2.65 bits per heavy atom. The predicted octanol–water partition coefficient (Wildman–Crippen LogP) is 0.850. The van der Waals surface area contributed by atoms with Gasteiger partial charge in [0.2, 0.25) is 0 Å². The number of rotatable bonds is 4. The first kappa shape index (κ1) is 14.1. The van der Waals surface area contributed by atoms with Crippen molar-refractivity contribution in [3.05, 3.63) is 47.2 Å². The van der Waals surface area contributed by atoms with Crippen molar-refractivity contribution in [2.24, 2.45) is 0 Å². The second kappa shape index (κ2) is 6.21. The van der Waals surface area contributed by atoms with Crippen LogP contribution in [0.15, 0.2) is 41.6 Å². The monoisotopic (exact) mass is 276 g/mol. The van der Waals surface area contributed by atoms with E-state index >= 15 is 0 Å². The van der Waals surface area contributed by atoms with Crippen molar-refractivity contribution in [3.63, 3.8) is 0 Å². The number of aliphatic hydroxyl groups is 1. The summed E-state index contributed by atoms with van der Waals surface area (Å²) in [6.45, 7) is 1.48. The molecule has 2 rings (SSSR count). The molecule has 3 N–H and O–H groups in total. The normalized spacial score (nSPS) is 18.3. The van der Waals surface area contributed by atoms with Gasteiger partial charge in [0.05, 0.1) is 30.5 Å². The van der Waals surface area contributed by atoms with Crippen LogP contribution in [0.1, 0.15) is 18.5 Å². The molecule has 1 aromatic carbocycles. The molecule has 1 aliphatic rings. The Morgan fingerprint density at radius 1 is 1.35 bits per heavy atom. The third kappa shape index (κ3) is 2.80. The first-order valence-corrected chi connectivity index (χ1v) is 6.30. The quantitative estimate of drug-likeness (QED) is 0.711. The first-order chi connectivity index (χ1) is 9.67. The van der Waals surface area contributed by atoms with Crippen LogP contribution in [0.25, 0.3) is 0 Å². The van der Waals surface area contributed by atoms with Gasteiger partial charge in [-0.1, -0.05) is 30.3 Å². The van der Waals surface area contributed by atoms with Crippen LogP contribution >= 0.6 is 0 Å². The smallest absolute Gasteiger partial charge is 0.338 e. The maximum atomic E-state index is 12.1. The molecule has 0 fully saturated rings. The second-order valence-corrected chi connectivity index (χ2v) is 4.21. The van der Waals surface area contributed by atoms with Crippen molar-refractivity contribution in [1.29, 1.82) is 0 Å². The van der Waals surface area contributed by atoms with Crippen LogP contribution in [0.2, 0.25) is 0 Å². The Hall–Kier alpha value is -2.34. The molecule has 0 aliphatic carbocycles. The Bertz CT molecular complexity index is 539. The van der Waals surface area contributed by atoms with Crippen molar-refractivity contribution < 1.29 is 19.4 Å². The van der Waals surface area contributed by atoms with E-state index in [-0.39, 0.29) is 17.9 Å². The van der Waals surface area contributed by atoms with Crippen molar-refractivity contribution in [2.75, 3.05) is 13.2 Å². The molecule has 0 aromatic heterocycles. The summed E-state index contributed by atoms with van der Waals surface area (Å²) in [5, 5.41) is 14.5. The van der Waals surface area contributed by atoms with Gasteiger partial charge in [0.15, 0.2) is 0 Å². The highest BCUT2D eigenvalue weighted by atomic mass is 16.5. The molecular formula is C14H16N2O4. The molecule has 1 atom stereocenters. The molecule has 6 nitrogen and oxygen atoms in total. The van der Waals surface area contributed by atoms with Crippen LogP contribution in [0.5, 0.6) is 0 Å². The lowest BCUT2D eigenvalue weighted by molar-refractivity contribution is -0.139. The van der Waals surface area contributed by atoms with Gasteiger partial charge in [-0.25, -0.2) is 9.59 Å². The number of ether oxygens (including phenoxy) is 1. The lowest BCUT2D eigenvalue weighted by Crippen LogP contribution is -2.46. The number of esters is 1. The number of amides is 2. The molecule has 1 aromatic rings. The van der Waals surface area contributed by atoms with Gasteiger partial charge in [-0.05, 0) is 12.5 Å². The fourth-order valence-electron chi connectivity index (χ4n) is 2.09. The van der Waals surface area contributed by atoms with Crippen molar-refractivity contribution >= 4 is 12.0 Å². The highest BCUT2D eigenvalue weighted by Crippen LogP contribution is 2.27. The molecule has 6 heteroatoms. The third-order valence-corrected chi connectivity index (χ3v) is 2.94. The Labute approximate surface area is 116 Å². The van der Waals surface area contributed by atoms with Crippen LogP contribution in [-0.2, 0) is 9.53 Å². The average Bonchev–Trinajstić information content (AvgIpc) is 2.47. The molecular weight excluding hydrogens is 260 g/mol. The molecule has 0 saturated carbocycles.